The van der Waals surface area contributed by atoms with E-state index in [0.29, 0.717) is 0 Å². The van der Waals surface area contributed by atoms with E-state index in [0.717, 1.165) is 38.5 Å². The monoisotopic (exact) mass is 258 g/mol. The number of aliphatic carboxylic acids is 1. The van der Waals surface area contributed by atoms with Gasteiger partial charge in [0.1, 0.15) is 5.78 Å². The molecule has 0 saturated heterocycles. The number of Topliss-reactive ketones (excluding diaryl/α,β-unsaturated/α-hetero) is 1. The topological polar surface area (TPSA) is 63.6 Å². The van der Waals surface area contributed by atoms with Gasteiger partial charge >= 0.3 is 5.97 Å². The van der Waals surface area contributed by atoms with Crippen molar-refractivity contribution in [3.63, 3.8) is 0 Å². The van der Waals surface area contributed by atoms with Crippen LogP contribution >= 0.6 is 0 Å². The van der Waals surface area contributed by atoms with Crippen molar-refractivity contribution in [2.24, 2.45) is 5.92 Å². The van der Waals surface area contributed by atoms with Gasteiger partial charge in [-0.05, 0) is 26.7 Å². The van der Waals surface area contributed by atoms with Crippen LogP contribution in [0.5, 0.6) is 0 Å². The lowest BCUT2D eigenvalue weighted by Crippen LogP contribution is -2.25. The van der Waals surface area contributed by atoms with Crippen LogP contribution in [-0.2, 0) is 14.3 Å². The first-order valence-corrected chi connectivity index (χ1v) is 6.74. The van der Waals surface area contributed by atoms with Crippen molar-refractivity contribution in [1.29, 1.82) is 0 Å². The summed E-state index contributed by atoms with van der Waals surface area (Å²) in [6, 6.07) is 0. The van der Waals surface area contributed by atoms with E-state index < -0.39 is 5.97 Å². The SMILES string of the molecule is COC(C)C(CCCCCCCC(=O)O)C(C)=O. The van der Waals surface area contributed by atoms with Gasteiger partial charge in [0.05, 0.1) is 6.10 Å². The number of carboxylic acid groups (broad SMARTS) is 1. The van der Waals surface area contributed by atoms with Crippen molar-refractivity contribution < 1.29 is 19.4 Å². The molecular formula is C14H26O4. The number of ketones is 1. The molecule has 4 heteroatoms. The van der Waals surface area contributed by atoms with Gasteiger partial charge in [-0.15, -0.1) is 0 Å². The predicted molar refractivity (Wildman–Crippen MR) is 70.6 cm³/mol. The smallest absolute Gasteiger partial charge is 0.303 e. The van der Waals surface area contributed by atoms with Crippen LogP contribution in [0.2, 0.25) is 0 Å². The van der Waals surface area contributed by atoms with E-state index in [2.05, 4.69) is 0 Å². The predicted octanol–water partition coefficient (Wildman–Crippen LogP) is 3.04. The summed E-state index contributed by atoms with van der Waals surface area (Å²) in [5, 5.41) is 8.49. The number of rotatable bonds is 11. The van der Waals surface area contributed by atoms with Crippen LogP contribution in [0.4, 0.5) is 0 Å². The molecule has 2 atom stereocenters. The van der Waals surface area contributed by atoms with Gasteiger partial charge < -0.3 is 9.84 Å². The van der Waals surface area contributed by atoms with Crippen LogP contribution in [0.1, 0.15) is 58.8 Å². The minimum absolute atomic E-state index is 0.00554. The molecule has 0 saturated carbocycles. The summed E-state index contributed by atoms with van der Waals surface area (Å²) in [4.78, 5) is 21.7. The maximum Gasteiger partial charge on any atom is 0.303 e. The summed E-state index contributed by atoms with van der Waals surface area (Å²) < 4.78 is 5.21. The fraction of sp³-hybridized carbons (Fsp3) is 0.857. The van der Waals surface area contributed by atoms with Crippen molar-refractivity contribution in [2.45, 2.75) is 64.9 Å². The molecule has 0 radical (unpaired) electrons. The molecule has 0 spiro atoms. The minimum atomic E-state index is -0.722. The average Bonchev–Trinajstić information content (AvgIpc) is 2.31. The third-order valence-corrected chi connectivity index (χ3v) is 3.37. The maximum atomic E-state index is 11.4. The van der Waals surface area contributed by atoms with E-state index in [9.17, 15) is 9.59 Å². The van der Waals surface area contributed by atoms with E-state index in [1.807, 2.05) is 6.92 Å². The molecule has 0 aliphatic rings. The fourth-order valence-corrected chi connectivity index (χ4v) is 2.10. The van der Waals surface area contributed by atoms with Crippen molar-refractivity contribution >= 4 is 11.8 Å². The van der Waals surface area contributed by atoms with Crippen molar-refractivity contribution in [1.82, 2.24) is 0 Å². The highest BCUT2D eigenvalue weighted by molar-refractivity contribution is 5.78. The lowest BCUT2D eigenvalue weighted by atomic mass is 9.92. The molecule has 106 valence electrons. The Morgan fingerprint density at radius 2 is 1.67 bits per heavy atom. The summed E-state index contributed by atoms with van der Waals surface area (Å²) in [7, 11) is 1.63. The van der Waals surface area contributed by atoms with Crippen LogP contribution in [0.3, 0.4) is 0 Å². The Morgan fingerprint density at radius 1 is 1.11 bits per heavy atom. The summed E-state index contributed by atoms with van der Waals surface area (Å²) >= 11 is 0. The van der Waals surface area contributed by atoms with Crippen LogP contribution in [-0.4, -0.2) is 30.1 Å². The van der Waals surface area contributed by atoms with Crippen molar-refractivity contribution in [3.05, 3.63) is 0 Å². The Kier molecular flexibility index (Phi) is 9.56. The highest BCUT2D eigenvalue weighted by Crippen LogP contribution is 2.18. The summed E-state index contributed by atoms with van der Waals surface area (Å²) in [6.07, 6.45) is 5.91. The van der Waals surface area contributed by atoms with E-state index in [1.54, 1.807) is 14.0 Å². The van der Waals surface area contributed by atoms with Gasteiger partial charge in [-0.3, -0.25) is 9.59 Å². The zero-order valence-corrected chi connectivity index (χ0v) is 11.8. The number of carboxylic acids is 1. The summed E-state index contributed by atoms with van der Waals surface area (Å²) in [6.45, 7) is 3.55. The quantitative estimate of drug-likeness (QED) is 0.578. The molecular weight excluding hydrogens is 232 g/mol. The highest BCUT2D eigenvalue weighted by atomic mass is 16.5. The molecule has 0 heterocycles. The average molecular weight is 258 g/mol. The maximum absolute atomic E-state index is 11.4. The van der Waals surface area contributed by atoms with Crippen LogP contribution in [0, 0.1) is 5.92 Å². The number of carbonyl (C=O) groups is 2. The first-order valence-electron chi connectivity index (χ1n) is 6.74. The third kappa shape index (κ3) is 8.23. The zero-order valence-electron chi connectivity index (χ0n) is 11.8. The molecule has 0 aliphatic carbocycles. The van der Waals surface area contributed by atoms with Gasteiger partial charge in [-0.25, -0.2) is 0 Å². The second-order valence-electron chi connectivity index (χ2n) is 4.86. The number of hydrogen-bond donors (Lipinski definition) is 1. The Labute approximate surface area is 110 Å². The van der Waals surface area contributed by atoms with E-state index in [1.165, 1.54) is 0 Å². The number of ether oxygens (including phenoxy) is 1. The fourth-order valence-electron chi connectivity index (χ4n) is 2.10. The zero-order chi connectivity index (χ0) is 14.0. The molecule has 0 fully saturated rings. The van der Waals surface area contributed by atoms with Gasteiger partial charge in [0.15, 0.2) is 0 Å². The van der Waals surface area contributed by atoms with Crippen molar-refractivity contribution in [2.75, 3.05) is 7.11 Å². The van der Waals surface area contributed by atoms with E-state index >= 15 is 0 Å². The molecule has 0 amide bonds. The van der Waals surface area contributed by atoms with Crippen LogP contribution in [0.15, 0.2) is 0 Å². The van der Waals surface area contributed by atoms with Crippen molar-refractivity contribution in [3.8, 4) is 0 Å². The lowest BCUT2D eigenvalue weighted by molar-refractivity contribution is -0.137. The first kappa shape index (κ1) is 17.1. The largest absolute Gasteiger partial charge is 0.481 e. The van der Waals surface area contributed by atoms with Gasteiger partial charge in [0.2, 0.25) is 0 Å². The van der Waals surface area contributed by atoms with Crippen LogP contribution in [0.25, 0.3) is 0 Å². The Balaban J connectivity index is 3.62. The third-order valence-electron chi connectivity index (χ3n) is 3.37. The molecule has 18 heavy (non-hydrogen) atoms. The van der Waals surface area contributed by atoms with Crippen LogP contribution < -0.4 is 0 Å². The Bertz CT molecular complexity index is 250. The highest BCUT2D eigenvalue weighted by Gasteiger charge is 2.20. The molecule has 4 nitrogen and oxygen atoms in total. The molecule has 0 aromatic heterocycles. The second kappa shape index (κ2) is 10.1. The number of carbonyl (C=O) groups excluding carboxylic acids is 1. The van der Waals surface area contributed by atoms with E-state index in [-0.39, 0.29) is 24.2 Å². The Hall–Kier alpha value is -0.900. The van der Waals surface area contributed by atoms with Gasteiger partial charge in [0, 0.05) is 19.4 Å². The first-order chi connectivity index (χ1) is 8.49. The number of unbranched alkanes of at least 4 members (excludes halogenated alkanes) is 4. The van der Waals surface area contributed by atoms with Gasteiger partial charge in [0.25, 0.3) is 0 Å². The number of methoxy groups -OCH3 is 1. The molecule has 2 unspecified atom stereocenters. The lowest BCUT2D eigenvalue weighted by Gasteiger charge is -2.19. The van der Waals surface area contributed by atoms with Gasteiger partial charge in [-0.1, -0.05) is 25.7 Å². The minimum Gasteiger partial charge on any atom is -0.481 e. The molecule has 0 bridgehead atoms. The molecule has 0 aromatic rings. The normalized spacial score (nSPS) is 14.2. The number of hydrogen-bond acceptors (Lipinski definition) is 3. The standard InChI is InChI=1S/C14H26O4/c1-11(15)13(12(2)18-3)9-7-5-4-6-8-10-14(16)17/h12-13H,4-10H2,1-3H3,(H,16,17). The second-order valence-corrected chi connectivity index (χ2v) is 4.86. The van der Waals surface area contributed by atoms with E-state index in [4.69, 9.17) is 9.84 Å². The molecule has 1 N–H and O–H groups in total. The summed E-state index contributed by atoms with van der Waals surface area (Å²) in [5.74, 6) is -0.537. The summed E-state index contributed by atoms with van der Waals surface area (Å²) in [5.41, 5.74) is 0. The van der Waals surface area contributed by atoms with Gasteiger partial charge in [-0.2, -0.15) is 0 Å². The Morgan fingerprint density at radius 3 is 2.17 bits per heavy atom. The molecule has 0 aromatic carbocycles. The molecule has 0 rings (SSSR count). The molecule has 0 aliphatic heterocycles.